The Bertz CT molecular complexity index is 685. The predicted molar refractivity (Wildman–Crippen MR) is 87.8 cm³/mol. The standard InChI is InChI=1S/C15H11O2.C5H5.Fe/c1-2-15(16)17-14-9-7-13(8-10-14)11-12-5-3-4-6-12;1-2-4-5-3-1;/h1,3-10H,11H2;1-5H;/q2*-1;+2. The number of carbonyl (C=O) groups excluding carboxylic acids is 1. The first-order valence-electron chi connectivity index (χ1n) is 6.92. The van der Waals surface area contributed by atoms with Crippen LogP contribution in [-0.4, -0.2) is 5.97 Å². The maximum atomic E-state index is 10.9. The normalized spacial score (nSPS) is 8.83. The van der Waals surface area contributed by atoms with Gasteiger partial charge in [-0.05, 0) is 18.6 Å². The van der Waals surface area contributed by atoms with Gasteiger partial charge in [-0.3, -0.25) is 0 Å². The molecule has 0 fully saturated rings. The van der Waals surface area contributed by atoms with Gasteiger partial charge in [-0.25, -0.2) is 29.1 Å². The number of rotatable bonds is 3. The molecule has 3 rings (SSSR count). The van der Waals surface area contributed by atoms with E-state index in [4.69, 9.17) is 11.2 Å². The number of esters is 1. The average molecular weight is 344 g/mol. The number of benzene rings is 1. The van der Waals surface area contributed by atoms with Crippen molar-refractivity contribution in [2.45, 2.75) is 6.42 Å². The maximum absolute atomic E-state index is 10.9. The van der Waals surface area contributed by atoms with E-state index in [2.05, 4.69) is 12.1 Å². The van der Waals surface area contributed by atoms with Crippen molar-refractivity contribution in [2.75, 3.05) is 0 Å². The fourth-order valence-corrected chi connectivity index (χ4v) is 1.90. The monoisotopic (exact) mass is 344 g/mol. The molecule has 0 aliphatic rings. The van der Waals surface area contributed by atoms with Gasteiger partial charge in [0.15, 0.2) is 0 Å². The molecule has 0 saturated carbocycles. The van der Waals surface area contributed by atoms with Crippen molar-refractivity contribution in [1.29, 1.82) is 0 Å². The van der Waals surface area contributed by atoms with Gasteiger partial charge in [-0.15, -0.1) is 6.42 Å². The Hall–Kier alpha value is -2.53. The Morgan fingerprint density at radius 2 is 1.70 bits per heavy atom. The van der Waals surface area contributed by atoms with E-state index in [9.17, 15) is 4.79 Å². The largest absolute Gasteiger partial charge is 2.00 e. The van der Waals surface area contributed by atoms with Crippen LogP contribution in [0.5, 0.6) is 5.75 Å². The maximum Gasteiger partial charge on any atom is 2.00 e. The van der Waals surface area contributed by atoms with Crippen LogP contribution < -0.4 is 4.74 Å². The van der Waals surface area contributed by atoms with Gasteiger partial charge >= 0.3 is 23.0 Å². The third-order valence-electron chi connectivity index (χ3n) is 2.95. The van der Waals surface area contributed by atoms with E-state index in [-0.39, 0.29) is 17.1 Å². The van der Waals surface area contributed by atoms with Crippen LogP contribution in [0.15, 0.2) is 78.9 Å². The zero-order valence-electron chi connectivity index (χ0n) is 12.5. The van der Waals surface area contributed by atoms with Crippen molar-refractivity contribution in [3.63, 3.8) is 0 Å². The minimum atomic E-state index is -0.672. The summed E-state index contributed by atoms with van der Waals surface area (Å²) in [7, 11) is 0. The van der Waals surface area contributed by atoms with E-state index < -0.39 is 5.97 Å². The summed E-state index contributed by atoms with van der Waals surface area (Å²) < 4.78 is 4.88. The van der Waals surface area contributed by atoms with Gasteiger partial charge in [-0.1, -0.05) is 17.7 Å². The van der Waals surface area contributed by atoms with Crippen LogP contribution in [0.4, 0.5) is 0 Å². The molecule has 0 radical (unpaired) electrons. The minimum absolute atomic E-state index is 0. The topological polar surface area (TPSA) is 26.3 Å². The van der Waals surface area contributed by atoms with Crippen molar-refractivity contribution >= 4 is 5.97 Å². The summed E-state index contributed by atoms with van der Waals surface area (Å²) in [5.74, 6) is 1.70. The quantitative estimate of drug-likeness (QED) is 0.180. The van der Waals surface area contributed by atoms with Gasteiger partial charge in [-0.2, -0.15) is 35.9 Å². The van der Waals surface area contributed by atoms with E-state index >= 15 is 0 Å². The molecule has 0 unspecified atom stereocenters. The van der Waals surface area contributed by atoms with Crippen molar-refractivity contribution in [2.24, 2.45) is 0 Å². The Morgan fingerprint density at radius 1 is 1.09 bits per heavy atom. The van der Waals surface area contributed by atoms with Gasteiger partial charge < -0.3 is 4.74 Å². The van der Waals surface area contributed by atoms with Crippen LogP contribution in [0, 0.1) is 12.3 Å². The molecule has 2 nitrogen and oxygen atoms in total. The second-order valence-electron chi connectivity index (χ2n) is 4.61. The molecule has 0 aromatic heterocycles. The molecular weight excluding hydrogens is 328 g/mol. The van der Waals surface area contributed by atoms with Crippen LogP contribution in [-0.2, 0) is 28.3 Å². The first kappa shape index (κ1) is 18.5. The summed E-state index contributed by atoms with van der Waals surface area (Å²) in [6.45, 7) is 0. The fraction of sp³-hybridized carbons (Fsp3) is 0.0500. The molecule has 3 heteroatoms. The zero-order valence-corrected chi connectivity index (χ0v) is 13.6. The first-order valence-corrected chi connectivity index (χ1v) is 6.92. The molecule has 0 spiro atoms. The number of carbonyl (C=O) groups is 1. The summed E-state index contributed by atoms with van der Waals surface area (Å²) >= 11 is 0. The summed E-state index contributed by atoms with van der Waals surface area (Å²) in [6, 6.07) is 25.5. The van der Waals surface area contributed by atoms with Gasteiger partial charge in [0, 0.05) is 5.92 Å². The molecule has 0 atom stereocenters. The Morgan fingerprint density at radius 3 is 2.17 bits per heavy atom. The SMILES string of the molecule is C#CC(=O)Oc1ccc(C[c-]2cccc2)cc1.[Fe+2].c1cc[cH-]c1. The van der Waals surface area contributed by atoms with E-state index in [0.29, 0.717) is 5.75 Å². The molecule has 0 bridgehead atoms. The number of terminal acetylenes is 1. The second kappa shape index (κ2) is 10.2. The average Bonchev–Trinajstić information content (AvgIpc) is 3.25. The van der Waals surface area contributed by atoms with Crippen LogP contribution in [0.3, 0.4) is 0 Å². The van der Waals surface area contributed by atoms with Crippen LogP contribution in [0.25, 0.3) is 0 Å². The summed E-state index contributed by atoms with van der Waals surface area (Å²) in [6.07, 6.45) is 5.79. The molecule has 23 heavy (non-hydrogen) atoms. The van der Waals surface area contributed by atoms with E-state index in [0.717, 1.165) is 12.0 Å². The predicted octanol–water partition coefficient (Wildman–Crippen LogP) is 3.94. The summed E-state index contributed by atoms with van der Waals surface area (Å²) in [5.41, 5.74) is 2.43. The molecule has 0 saturated heterocycles. The molecule has 0 aliphatic carbocycles. The van der Waals surface area contributed by atoms with E-state index in [1.54, 1.807) is 12.1 Å². The third-order valence-corrected chi connectivity index (χ3v) is 2.95. The Kier molecular flexibility index (Phi) is 8.24. The molecule has 0 heterocycles. The van der Waals surface area contributed by atoms with E-state index in [1.165, 1.54) is 5.56 Å². The Labute approximate surface area is 147 Å². The molecule has 3 aromatic carbocycles. The molecule has 116 valence electrons. The third kappa shape index (κ3) is 6.84. The first-order chi connectivity index (χ1) is 10.8. The Balaban J connectivity index is 0.000000377. The van der Waals surface area contributed by atoms with Gasteiger partial charge in [0.2, 0.25) is 0 Å². The van der Waals surface area contributed by atoms with Gasteiger partial charge in [0.1, 0.15) is 5.75 Å². The zero-order chi connectivity index (χ0) is 15.6. The molecule has 0 aliphatic heterocycles. The summed E-state index contributed by atoms with van der Waals surface area (Å²) in [5, 5.41) is 0. The fourth-order valence-electron chi connectivity index (χ4n) is 1.90. The van der Waals surface area contributed by atoms with Crippen LogP contribution in [0.1, 0.15) is 11.1 Å². The molecule has 3 aromatic rings. The van der Waals surface area contributed by atoms with Crippen molar-refractivity contribution in [3.8, 4) is 18.1 Å². The van der Waals surface area contributed by atoms with Crippen molar-refractivity contribution in [3.05, 3.63) is 90.0 Å². The minimum Gasteiger partial charge on any atom is -0.417 e. The number of hydrogen-bond acceptors (Lipinski definition) is 2. The number of ether oxygens (including phenoxy) is 1. The van der Waals surface area contributed by atoms with Crippen LogP contribution >= 0.6 is 0 Å². The molecular formula is C20H16FeO2. The molecule has 0 amide bonds. The summed E-state index contributed by atoms with van der Waals surface area (Å²) in [4.78, 5) is 10.9. The molecule has 0 N–H and O–H groups in total. The van der Waals surface area contributed by atoms with Gasteiger partial charge in [0.25, 0.3) is 0 Å². The van der Waals surface area contributed by atoms with Crippen LogP contribution in [0.2, 0.25) is 0 Å². The number of hydrogen-bond donors (Lipinski definition) is 0. The van der Waals surface area contributed by atoms with E-state index in [1.807, 2.05) is 60.5 Å². The smallest absolute Gasteiger partial charge is 0.417 e. The second-order valence-corrected chi connectivity index (χ2v) is 4.61. The van der Waals surface area contributed by atoms with Crippen molar-refractivity contribution in [1.82, 2.24) is 0 Å². The van der Waals surface area contributed by atoms with Gasteiger partial charge in [0.05, 0.1) is 0 Å². The van der Waals surface area contributed by atoms with Crippen molar-refractivity contribution < 1.29 is 26.6 Å².